The first-order chi connectivity index (χ1) is 8.67. The van der Waals surface area contributed by atoms with E-state index in [1.165, 1.54) is 11.1 Å². The molecule has 0 saturated carbocycles. The highest BCUT2D eigenvalue weighted by atomic mass is 35.5. The number of hydrogen-bond donors (Lipinski definition) is 1. The van der Waals surface area contributed by atoms with Crippen molar-refractivity contribution in [3.8, 4) is 0 Å². The van der Waals surface area contributed by atoms with Crippen molar-refractivity contribution < 1.29 is 4.79 Å². The molecule has 100 valence electrons. The van der Waals surface area contributed by atoms with E-state index in [0.29, 0.717) is 12.3 Å². The van der Waals surface area contributed by atoms with E-state index in [1.54, 1.807) is 0 Å². The largest absolute Gasteiger partial charge is 0.349 e. The van der Waals surface area contributed by atoms with Crippen LogP contribution in [0.25, 0.3) is 0 Å². The van der Waals surface area contributed by atoms with Crippen LogP contribution in [0.5, 0.6) is 0 Å². The molecule has 1 unspecified atom stereocenters. The summed E-state index contributed by atoms with van der Waals surface area (Å²) in [7, 11) is 0. The molecule has 1 rings (SSSR count). The zero-order valence-corrected chi connectivity index (χ0v) is 12.0. The molecule has 0 heterocycles. The van der Waals surface area contributed by atoms with Crippen molar-refractivity contribution in [1.82, 2.24) is 5.32 Å². The molecule has 0 aromatic heterocycles. The lowest BCUT2D eigenvalue weighted by Gasteiger charge is -2.17. The molecular formula is C15H22ClNO. The first-order valence-electron chi connectivity index (χ1n) is 6.59. The molecule has 0 aliphatic carbocycles. The molecule has 1 N–H and O–H groups in total. The van der Waals surface area contributed by atoms with Crippen LogP contribution < -0.4 is 5.32 Å². The van der Waals surface area contributed by atoms with Crippen molar-refractivity contribution >= 4 is 17.5 Å². The van der Waals surface area contributed by atoms with Crippen LogP contribution in [0.4, 0.5) is 0 Å². The number of unbranched alkanes of at least 4 members (excludes halogenated alkanes) is 1. The maximum atomic E-state index is 11.8. The van der Waals surface area contributed by atoms with Gasteiger partial charge in [-0.05, 0) is 31.7 Å². The van der Waals surface area contributed by atoms with Gasteiger partial charge in [0.15, 0.2) is 0 Å². The van der Waals surface area contributed by atoms with Gasteiger partial charge in [0.2, 0.25) is 5.91 Å². The third-order valence-corrected chi connectivity index (χ3v) is 3.28. The molecule has 1 amide bonds. The van der Waals surface area contributed by atoms with Crippen LogP contribution >= 0.6 is 11.6 Å². The van der Waals surface area contributed by atoms with Gasteiger partial charge in [-0.1, -0.05) is 36.8 Å². The predicted molar refractivity (Wildman–Crippen MR) is 76.9 cm³/mol. The number of carbonyl (C=O) groups excluding carboxylic acids is 1. The van der Waals surface area contributed by atoms with Gasteiger partial charge >= 0.3 is 0 Å². The first-order valence-corrected chi connectivity index (χ1v) is 7.12. The van der Waals surface area contributed by atoms with Crippen LogP contribution in [0.1, 0.15) is 49.8 Å². The first kappa shape index (κ1) is 15.0. The quantitative estimate of drug-likeness (QED) is 0.588. The predicted octanol–water partition coefficient (Wildman–Crippen LogP) is 3.97. The van der Waals surface area contributed by atoms with Crippen molar-refractivity contribution in [3.05, 3.63) is 35.4 Å². The maximum Gasteiger partial charge on any atom is 0.220 e. The third kappa shape index (κ3) is 5.09. The van der Waals surface area contributed by atoms with E-state index >= 15 is 0 Å². The Labute approximate surface area is 115 Å². The number of nitrogens with one attached hydrogen (secondary N) is 1. The molecule has 0 radical (unpaired) electrons. The smallest absolute Gasteiger partial charge is 0.220 e. The Hall–Kier alpha value is -1.02. The number of halogens is 1. The molecular weight excluding hydrogens is 246 g/mol. The SMILES string of the molecule is CCC(NC(=O)CCCCCl)c1ccc(C)cc1. The van der Waals surface area contributed by atoms with Crippen LogP contribution in [-0.2, 0) is 4.79 Å². The summed E-state index contributed by atoms with van der Waals surface area (Å²) < 4.78 is 0. The molecule has 0 fully saturated rings. The van der Waals surface area contributed by atoms with Crippen LogP contribution in [0.2, 0.25) is 0 Å². The number of carbonyl (C=O) groups is 1. The minimum absolute atomic E-state index is 0.118. The van der Waals surface area contributed by atoms with Crippen LogP contribution in [0.3, 0.4) is 0 Å². The van der Waals surface area contributed by atoms with Gasteiger partial charge in [0, 0.05) is 12.3 Å². The molecule has 18 heavy (non-hydrogen) atoms. The van der Waals surface area contributed by atoms with Crippen molar-refractivity contribution in [1.29, 1.82) is 0 Å². The van der Waals surface area contributed by atoms with E-state index in [1.807, 2.05) is 0 Å². The second-order valence-corrected chi connectivity index (χ2v) is 4.96. The number of amides is 1. The Bertz CT molecular complexity index is 361. The fraction of sp³-hybridized carbons (Fsp3) is 0.533. The van der Waals surface area contributed by atoms with E-state index in [2.05, 4.69) is 43.4 Å². The van der Waals surface area contributed by atoms with Gasteiger partial charge in [-0.3, -0.25) is 4.79 Å². The molecule has 0 saturated heterocycles. The number of alkyl halides is 1. The Balaban J connectivity index is 2.51. The highest BCUT2D eigenvalue weighted by Crippen LogP contribution is 2.17. The Kier molecular flexibility index (Phi) is 6.81. The van der Waals surface area contributed by atoms with Gasteiger partial charge in [-0.2, -0.15) is 0 Å². The third-order valence-electron chi connectivity index (χ3n) is 3.01. The summed E-state index contributed by atoms with van der Waals surface area (Å²) in [5.74, 6) is 0.746. The molecule has 0 bridgehead atoms. The molecule has 0 aliphatic rings. The van der Waals surface area contributed by atoms with Gasteiger partial charge in [0.05, 0.1) is 6.04 Å². The summed E-state index contributed by atoms with van der Waals surface area (Å²) in [5, 5.41) is 3.08. The van der Waals surface area contributed by atoms with Gasteiger partial charge in [0.1, 0.15) is 0 Å². The van der Waals surface area contributed by atoms with Crippen molar-refractivity contribution in [2.24, 2.45) is 0 Å². The lowest BCUT2D eigenvalue weighted by atomic mass is 10.0. The molecule has 2 nitrogen and oxygen atoms in total. The van der Waals surface area contributed by atoms with Crippen LogP contribution in [0.15, 0.2) is 24.3 Å². The summed E-state index contributed by atoms with van der Waals surface area (Å²) in [5.41, 5.74) is 2.41. The van der Waals surface area contributed by atoms with Gasteiger partial charge in [-0.25, -0.2) is 0 Å². The van der Waals surface area contributed by atoms with E-state index in [-0.39, 0.29) is 11.9 Å². The Morgan fingerprint density at radius 1 is 1.28 bits per heavy atom. The second-order valence-electron chi connectivity index (χ2n) is 4.59. The van der Waals surface area contributed by atoms with Gasteiger partial charge in [-0.15, -0.1) is 11.6 Å². The Morgan fingerprint density at radius 3 is 2.50 bits per heavy atom. The van der Waals surface area contributed by atoms with Crippen molar-refractivity contribution in [3.63, 3.8) is 0 Å². The van der Waals surface area contributed by atoms with E-state index in [0.717, 1.165) is 19.3 Å². The standard InChI is InChI=1S/C15H22ClNO/c1-3-14(13-9-7-12(2)8-10-13)17-15(18)6-4-5-11-16/h7-10,14H,3-6,11H2,1-2H3,(H,17,18). The van der Waals surface area contributed by atoms with Crippen LogP contribution in [-0.4, -0.2) is 11.8 Å². The van der Waals surface area contributed by atoms with E-state index in [4.69, 9.17) is 11.6 Å². The number of hydrogen-bond acceptors (Lipinski definition) is 1. The summed E-state index contributed by atoms with van der Waals surface area (Å²) in [4.78, 5) is 11.8. The molecule has 1 atom stereocenters. The van der Waals surface area contributed by atoms with Crippen LogP contribution in [0, 0.1) is 6.92 Å². The fourth-order valence-electron chi connectivity index (χ4n) is 1.87. The lowest BCUT2D eigenvalue weighted by Crippen LogP contribution is -2.27. The average molecular weight is 268 g/mol. The number of benzene rings is 1. The number of rotatable bonds is 7. The minimum atomic E-state index is 0.118. The second kappa shape index (κ2) is 8.15. The summed E-state index contributed by atoms with van der Waals surface area (Å²) in [6, 6.07) is 8.45. The lowest BCUT2D eigenvalue weighted by molar-refractivity contribution is -0.122. The molecule has 3 heteroatoms. The zero-order valence-electron chi connectivity index (χ0n) is 11.2. The summed E-state index contributed by atoms with van der Waals surface area (Å²) >= 11 is 5.60. The highest BCUT2D eigenvalue weighted by Gasteiger charge is 2.11. The van der Waals surface area contributed by atoms with Gasteiger partial charge in [0.25, 0.3) is 0 Å². The monoisotopic (exact) mass is 267 g/mol. The number of aryl methyl sites for hydroxylation is 1. The van der Waals surface area contributed by atoms with E-state index in [9.17, 15) is 4.79 Å². The summed E-state index contributed by atoms with van der Waals surface area (Å²) in [6.07, 6.45) is 3.23. The molecule has 0 aliphatic heterocycles. The fourth-order valence-corrected chi connectivity index (χ4v) is 2.06. The maximum absolute atomic E-state index is 11.8. The zero-order chi connectivity index (χ0) is 13.4. The van der Waals surface area contributed by atoms with E-state index < -0.39 is 0 Å². The highest BCUT2D eigenvalue weighted by molar-refractivity contribution is 6.17. The van der Waals surface area contributed by atoms with Crippen molar-refractivity contribution in [2.45, 2.75) is 45.6 Å². The average Bonchev–Trinajstić information content (AvgIpc) is 2.37. The van der Waals surface area contributed by atoms with Crippen molar-refractivity contribution in [2.75, 3.05) is 5.88 Å². The summed E-state index contributed by atoms with van der Waals surface area (Å²) in [6.45, 7) is 4.15. The molecule has 1 aromatic carbocycles. The normalized spacial score (nSPS) is 12.2. The Morgan fingerprint density at radius 2 is 1.94 bits per heavy atom. The topological polar surface area (TPSA) is 29.1 Å². The molecule has 1 aromatic rings. The minimum Gasteiger partial charge on any atom is -0.349 e. The molecule has 0 spiro atoms. The van der Waals surface area contributed by atoms with Gasteiger partial charge < -0.3 is 5.32 Å².